The largest absolute Gasteiger partial charge is 0.463 e. The second-order valence-corrected chi connectivity index (χ2v) is 10.6. The number of esters is 4. The maximum absolute atomic E-state index is 13.6. The predicted octanol–water partition coefficient (Wildman–Crippen LogP) is 3.78. The summed E-state index contributed by atoms with van der Waals surface area (Å²) in [6, 6.07) is 15.6. The van der Waals surface area contributed by atoms with Crippen LogP contribution >= 0.6 is 0 Å². The number of benzene rings is 2. The van der Waals surface area contributed by atoms with Crippen molar-refractivity contribution in [2.75, 3.05) is 6.61 Å². The van der Waals surface area contributed by atoms with Gasteiger partial charge >= 0.3 is 23.9 Å². The van der Waals surface area contributed by atoms with Crippen LogP contribution in [0.25, 0.3) is 33.1 Å². The molecule has 4 aromatic rings. The van der Waals surface area contributed by atoms with Gasteiger partial charge in [-0.1, -0.05) is 24.3 Å². The molecule has 13 nitrogen and oxygen atoms in total. The van der Waals surface area contributed by atoms with Gasteiger partial charge in [0.1, 0.15) is 29.8 Å². The first-order valence-corrected chi connectivity index (χ1v) is 14.3. The van der Waals surface area contributed by atoms with E-state index in [1.165, 1.54) is 25.1 Å². The van der Waals surface area contributed by atoms with Crippen LogP contribution in [-0.2, 0) is 42.9 Å². The SMILES string of the molecule is CC(=O)OCC1OC(Oc2ccc3c(=O)c(-c4ccc5ccccc5n4)c(C)oc3c2)C(OC(C)=O)C(OC(C)=O)C1OC(C)=O. The van der Waals surface area contributed by atoms with Gasteiger partial charge in [0.15, 0.2) is 12.2 Å². The van der Waals surface area contributed by atoms with Crippen LogP contribution in [0, 0.1) is 6.92 Å². The van der Waals surface area contributed by atoms with Gasteiger partial charge in [-0.25, -0.2) is 4.98 Å². The predicted molar refractivity (Wildman–Crippen MR) is 161 cm³/mol. The molecule has 0 aliphatic carbocycles. The molecule has 0 saturated carbocycles. The molecule has 0 amide bonds. The Morgan fingerprint density at radius 1 is 0.804 bits per heavy atom. The van der Waals surface area contributed by atoms with Crippen molar-refractivity contribution in [1.82, 2.24) is 4.98 Å². The molecule has 5 unspecified atom stereocenters. The summed E-state index contributed by atoms with van der Waals surface area (Å²) in [5, 5.41) is 1.18. The van der Waals surface area contributed by atoms with Crippen LogP contribution < -0.4 is 10.2 Å². The highest BCUT2D eigenvalue weighted by atomic mass is 16.7. The summed E-state index contributed by atoms with van der Waals surface area (Å²) in [5.41, 5.74) is 1.39. The second kappa shape index (κ2) is 13.4. The third-order valence-electron chi connectivity index (χ3n) is 7.09. The maximum Gasteiger partial charge on any atom is 0.303 e. The van der Waals surface area contributed by atoms with E-state index in [4.69, 9.17) is 32.8 Å². The number of rotatable bonds is 8. The standard InChI is InChI=1S/C33H31NO12/c1-16-28(25-13-10-21-8-6-7-9-24(21)34-25)29(39)23-12-11-22(14-26(23)41-16)45-33-32(44-20(5)38)31(43-19(4)37)30(42-18(3)36)27(46-33)15-40-17(2)35/h6-14,27,30-33H,15H2,1-5H3. The molecule has 0 N–H and O–H groups in total. The summed E-state index contributed by atoms with van der Waals surface area (Å²) in [6.45, 7) is 5.80. The van der Waals surface area contributed by atoms with Crippen LogP contribution in [0.3, 0.4) is 0 Å². The number of hydrogen-bond donors (Lipinski definition) is 0. The minimum absolute atomic E-state index is 0.132. The monoisotopic (exact) mass is 633 g/mol. The molecule has 5 atom stereocenters. The molecule has 2 aromatic heterocycles. The first-order valence-electron chi connectivity index (χ1n) is 14.3. The van der Waals surface area contributed by atoms with Crippen molar-refractivity contribution in [2.24, 2.45) is 0 Å². The van der Waals surface area contributed by atoms with Crippen LogP contribution in [0.15, 0.2) is 63.8 Å². The van der Waals surface area contributed by atoms with Gasteiger partial charge in [0.05, 0.1) is 22.2 Å². The summed E-state index contributed by atoms with van der Waals surface area (Å²) in [5.74, 6) is -2.48. The average molecular weight is 634 g/mol. The third kappa shape index (κ3) is 6.99. The van der Waals surface area contributed by atoms with Crippen LogP contribution in [0.4, 0.5) is 0 Å². The lowest BCUT2D eigenvalue weighted by atomic mass is 9.98. The molecular formula is C33H31NO12. The van der Waals surface area contributed by atoms with Crippen molar-refractivity contribution >= 4 is 45.7 Å². The van der Waals surface area contributed by atoms with Crippen molar-refractivity contribution in [3.63, 3.8) is 0 Å². The molecule has 1 saturated heterocycles. The van der Waals surface area contributed by atoms with E-state index in [0.717, 1.165) is 31.7 Å². The molecule has 0 spiro atoms. The van der Waals surface area contributed by atoms with E-state index in [0.29, 0.717) is 17.0 Å². The van der Waals surface area contributed by atoms with Gasteiger partial charge in [0, 0.05) is 39.1 Å². The zero-order chi connectivity index (χ0) is 33.1. The number of hydrogen-bond acceptors (Lipinski definition) is 13. The molecule has 3 heterocycles. The highest BCUT2D eigenvalue weighted by molar-refractivity contribution is 5.86. The minimum atomic E-state index is -1.45. The number of ether oxygens (including phenoxy) is 6. The van der Waals surface area contributed by atoms with E-state index in [1.807, 2.05) is 30.3 Å². The second-order valence-electron chi connectivity index (χ2n) is 10.6. The average Bonchev–Trinajstić information content (AvgIpc) is 2.98. The molecular weight excluding hydrogens is 602 g/mol. The highest BCUT2D eigenvalue weighted by Crippen LogP contribution is 2.32. The summed E-state index contributed by atoms with van der Waals surface area (Å²) >= 11 is 0. The van der Waals surface area contributed by atoms with Crippen molar-refractivity contribution in [3.05, 3.63) is 70.6 Å². The normalized spacial score (nSPS) is 20.9. The molecule has 0 radical (unpaired) electrons. The number of carbonyl (C=O) groups excluding carboxylic acids is 4. The van der Waals surface area contributed by atoms with Crippen molar-refractivity contribution < 1.29 is 52.0 Å². The first-order chi connectivity index (χ1) is 21.9. The zero-order valence-electron chi connectivity index (χ0n) is 25.6. The van der Waals surface area contributed by atoms with Gasteiger partial charge < -0.3 is 32.8 Å². The highest BCUT2D eigenvalue weighted by Gasteiger charge is 2.53. The molecule has 0 bridgehead atoms. The van der Waals surface area contributed by atoms with Gasteiger partial charge in [0.25, 0.3) is 0 Å². The Kier molecular flexibility index (Phi) is 9.33. The van der Waals surface area contributed by atoms with Crippen LogP contribution in [-0.4, -0.2) is 66.2 Å². The summed E-state index contributed by atoms with van der Waals surface area (Å²) in [4.78, 5) is 66.1. The third-order valence-corrected chi connectivity index (χ3v) is 7.09. The van der Waals surface area contributed by atoms with E-state index in [2.05, 4.69) is 4.98 Å². The number of nitrogens with zero attached hydrogens (tertiary/aromatic N) is 1. The molecule has 1 aliphatic heterocycles. The number of para-hydroxylation sites is 1. The Morgan fingerprint density at radius 2 is 1.48 bits per heavy atom. The molecule has 5 rings (SSSR count). The Morgan fingerprint density at radius 3 is 2.17 bits per heavy atom. The van der Waals surface area contributed by atoms with Crippen molar-refractivity contribution in [3.8, 4) is 17.0 Å². The molecule has 13 heteroatoms. The van der Waals surface area contributed by atoms with E-state index in [-0.39, 0.29) is 22.1 Å². The maximum atomic E-state index is 13.6. The summed E-state index contributed by atoms with van der Waals surface area (Å²) in [7, 11) is 0. The van der Waals surface area contributed by atoms with Crippen molar-refractivity contribution in [2.45, 2.75) is 65.3 Å². The number of aromatic nitrogens is 1. The van der Waals surface area contributed by atoms with Crippen LogP contribution in [0.5, 0.6) is 5.75 Å². The molecule has 1 fully saturated rings. The summed E-state index contributed by atoms with van der Waals surface area (Å²) in [6.07, 6.45) is -6.80. The lowest BCUT2D eigenvalue weighted by Gasteiger charge is -2.43. The van der Waals surface area contributed by atoms with E-state index >= 15 is 0 Å². The Balaban J connectivity index is 1.51. The first kappa shape index (κ1) is 32.1. The Bertz CT molecular complexity index is 1880. The smallest absolute Gasteiger partial charge is 0.303 e. The fourth-order valence-electron chi connectivity index (χ4n) is 5.28. The van der Waals surface area contributed by atoms with Gasteiger partial charge in [-0.3, -0.25) is 24.0 Å². The lowest BCUT2D eigenvalue weighted by Crippen LogP contribution is -2.63. The Hall–Kier alpha value is -5.30. The van der Waals surface area contributed by atoms with E-state index in [9.17, 15) is 24.0 Å². The summed E-state index contributed by atoms with van der Waals surface area (Å²) < 4.78 is 39.5. The van der Waals surface area contributed by atoms with Crippen molar-refractivity contribution in [1.29, 1.82) is 0 Å². The molecule has 1 aliphatic rings. The quantitative estimate of drug-likeness (QED) is 0.203. The lowest BCUT2D eigenvalue weighted by molar-refractivity contribution is -0.288. The number of pyridine rings is 1. The van der Waals surface area contributed by atoms with Crippen LogP contribution in [0.2, 0.25) is 0 Å². The molecule has 2 aromatic carbocycles. The van der Waals surface area contributed by atoms with Gasteiger partial charge in [-0.15, -0.1) is 0 Å². The fourth-order valence-corrected chi connectivity index (χ4v) is 5.28. The topological polar surface area (TPSA) is 167 Å². The van der Waals surface area contributed by atoms with Gasteiger partial charge in [0.2, 0.25) is 17.8 Å². The van der Waals surface area contributed by atoms with Crippen LogP contribution in [0.1, 0.15) is 33.5 Å². The minimum Gasteiger partial charge on any atom is -0.463 e. The number of carbonyl (C=O) groups is 4. The molecule has 240 valence electrons. The van der Waals surface area contributed by atoms with E-state index < -0.39 is 61.2 Å². The number of aryl methyl sites for hydroxylation is 1. The van der Waals surface area contributed by atoms with Gasteiger partial charge in [-0.05, 0) is 31.2 Å². The Labute approximate surface area is 262 Å². The fraction of sp³-hybridized carbons (Fsp3) is 0.333. The molecule has 46 heavy (non-hydrogen) atoms. The number of fused-ring (bicyclic) bond motifs is 2. The van der Waals surface area contributed by atoms with Gasteiger partial charge in [-0.2, -0.15) is 0 Å². The zero-order valence-corrected chi connectivity index (χ0v) is 25.6. The van der Waals surface area contributed by atoms with E-state index in [1.54, 1.807) is 13.0 Å².